The molecular weight excluding hydrogens is 230 g/mol. The molecule has 2 atom stereocenters. The van der Waals surface area contributed by atoms with Crippen LogP contribution in [0.3, 0.4) is 0 Å². The van der Waals surface area contributed by atoms with Crippen molar-refractivity contribution in [3.05, 3.63) is 60.1 Å². The highest BCUT2D eigenvalue weighted by Crippen LogP contribution is 2.28. The maximum Gasteiger partial charge on any atom is 0.408 e. The number of carbonyl (C=O) groups is 1. The molecule has 0 aliphatic carbocycles. The molecule has 1 amide bonds. The molecule has 0 spiro atoms. The Kier molecular flexibility index (Phi) is 2.76. The summed E-state index contributed by atoms with van der Waals surface area (Å²) in [7, 11) is 0. The molecule has 3 rings (SSSR count). The molecule has 0 bridgehead atoms. The molecular formula is C14H13NO3. The van der Waals surface area contributed by atoms with Gasteiger partial charge in [-0.3, -0.25) is 0 Å². The molecule has 4 heteroatoms. The summed E-state index contributed by atoms with van der Waals surface area (Å²) >= 11 is 0. The average molecular weight is 243 g/mol. The molecule has 2 aromatic rings. The second-order valence-electron chi connectivity index (χ2n) is 4.28. The highest BCUT2D eigenvalue weighted by molar-refractivity contribution is 5.70. The maximum absolute atomic E-state index is 11.4. The van der Waals surface area contributed by atoms with Crippen LogP contribution < -0.4 is 5.32 Å². The number of alkyl carbamates (subject to hydrolysis) is 1. The second kappa shape index (κ2) is 4.56. The lowest BCUT2D eigenvalue weighted by Crippen LogP contribution is -2.29. The normalized spacial score (nSPS) is 22.6. The Hall–Kier alpha value is -2.23. The van der Waals surface area contributed by atoms with E-state index in [1.165, 1.54) is 0 Å². The van der Waals surface area contributed by atoms with Gasteiger partial charge in [-0.1, -0.05) is 30.3 Å². The van der Waals surface area contributed by atoms with E-state index in [0.29, 0.717) is 5.76 Å². The van der Waals surface area contributed by atoms with Gasteiger partial charge in [-0.15, -0.1) is 0 Å². The Balaban J connectivity index is 1.80. The molecule has 0 unspecified atom stereocenters. The lowest BCUT2D eigenvalue weighted by atomic mass is 10.0. The van der Waals surface area contributed by atoms with E-state index >= 15 is 0 Å². The van der Waals surface area contributed by atoms with Gasteiger partial charge in [0.1, 0.15) is 5.76 Å². The lowest BCUT2D eigenvalue weighted by Gasteiger charge is -2.14. The molecule has 1 N–H and O–H groups in total. The topological polar surface area (TPSA) is 51.5 Å². The number of rotatable bonds is 3. The first kappa shape index (κ1) is 10.9. The number of ether oxygens (including phenoxy) is 1. The highest BCUT2D eigenvalue weighted by atomic mass is 16.6. The van der Waals surface area contributed by atoms with E-state index in [9.17, 15) is 4.79 Å². The lowest BCUT2D eigenvalue weighted by molar-refractivity contribution is 0.117. The summed E-state index contributed by atoms with van der Waals surface area (Å²) < 4.78 is 10.6. The molecule has 0 radical (unpaired) electrons. The Morgan fingerprint density at radius 1 is 1.11 bits per heavy atom. The minimum absolute atomic E-state index is 0.0916. The van der Waals surface area contributed by atoms with Crippen molar-refractivity contribution in [3.8, 4) is 0 Å². The summed E-state index contributed by atoms with van der Waals surface area (Å²) in [5.41, 5.74) is 1.16. The zero-order valence-electron chi connectivity index (χ0n) is 9.71. The molecule has 1 saturated heterocycles. The Morgan fingerprint density at radius 2 is 1.94 bits per heavy atom. The number of carbonyl (C=O) groups excluding carboxylic acids is 1. The molecule has 2 heterocycles. The van der Waals surface area contributed by atoms with Crippen molar-refractivity contribution >= 4 is 6.09 Å². The number of cyclic esters (lactones) is 1. The van der Waals surface area contributed by atoms with Crippen LogP contribution in [0.2, 0.25) is 0 Å². The van der Waals surface area contributed by atoms with Crippen LogP contribution in [0.25, 0.3) is 0 Å². The van der Waals surface area contributed by atoms with Gasteiger partial charge < -0.3 is 14.5 Å². The van der Waals surface area contributed by atoms with Gasteiger partial charge in [0, 0.05) is 0 Å². The summed E-state index contributed by atoms with van der Waals surface area (Å²) in [5.74, 6) is 0.675. The summed E-state index contributed by atoms with van der Waals surface area (Å²) in [6.07, 6.45) is 1.56. The number of benzene rings is 1. The van der Waals surface area contributed by atoms with Crippen molar-refractivity contribution in [2.75, 3.05) is 0 Å². The first-order valence-electron chi connectivity index (χ1n) is 5.87. The second-order valence-corrected chi connectivity index (χ2v) is 4.28. The quantitative estimate of drug-likeness (QED) is 0.901. The van der Waals surface area contributed by atoms with Crippen molar-refractivity contribution in [1.29, 1.82) is 0 Å². The van der Waals surface area contributed by atoms with Gasteiger partial charge in [0.15, 0.2) is 6.10 Å². The van der Waals surface area contributed by atoms with E-state index in [2.05, 4.69) is 5.32 Å². The predicted octanol–water partition coefficient (Wildman–Crippen LogP) is 2.67. The molecule has 1 aliphatic rings. The molecule has 92 valence electrons. The summed E-state index contributed by atoms with van der Waals surface area (Å²) in [6, 6.07) is 13.5. The fraction of sp³-hybridized carbons (Fsp3) is 0.214. The molecule has 1 fully saturated rings. The first-order chi connectivity index (χ1) is 8.83. The minimum Gasteiger partial charge on any atom is -0.465 e. The van der Waals surface area contributed by atoms with Crippen molar-refractivity contribution < 1.29 is 13.9 Å². The predicted molar refractivity (Wildman–Crippen MR) is 65.0 cm³/mol. The van der Waals surface area contributed by atoms with Gasteiger partial charge in [0.05, 0.1) is 12.3 Å². The summed E-state index contributed by atoms with van der Waals surface area (Å²) in [5, 5.41) is 2.82. The van der Waals surface area contributed by atoms with Gasteiger partial charge in [-0.2, -0.15) is 0 Å². The van der Waals surface area contributed by atoms with Gasteiger partial charge in [-0.25, -0.2) is 4.79 Å². The Bertz CT molecular complexity index is 521. The summed E-state index contributed by atoms with van der Waals surface area (Å²) in [6.45, 7) is 0. The van der Waals surface area contributed by atoms with E-state index in [1.807, 2.05) is 36.4 Å². The van der Waals surface area contributed by atoms with Gasteiger partial charge in [0.25, 0.3) is 0 Å². The SMILES string of the molecule is O=C1N[C@@H](Cc2ccccc2)[C@H](c2ccco2)O1. The Morgan fingerprint density at radius 3 is 2.67 bits per heavy atom. The number of nitrogens with one attached hydrogen (secondary N) is 1. The van der Waals surface area contributed by atoms with Crippen LogP contribution in [-0.4, -0.2) is 12.1 Å². The number of hydrogen-bond donors (Lipinski definition) is 1. The monoisotopic (exact) mass is 243 g/mol. The molecule has 0 saturated carbocycles. The average Bonchev–Trinajstić information content (AvgIpc) is 3.00. The smallest absolute Gasteiger partial charge is 0.408 e. The molecule has 1 aliphatic heterocycles. The third kappa shape index (κ3) is 2.09. The van der Waals surface area contributed by atoms with Gasteiger partial charge >= 0.3 is 6.09 Å². The first-order valence-corrected chi connectivity index (χ1v) is 5.87. The van der Waals surface area contributed by atoms with Crippen molar-refractivity contribution in [3.63, 3.8) is 0 Å². The van der Waals surface area contributed by atoms with Gasteiger partial charge in [0.2, 0.25) is 0 Å². The standard InChI is InChI=1S/C14H13NO3/c16-14-15-11(9-10-5-2-1-3-6-10)13(18-14)12-7-4-8-17-12/h1-8,11,13H,9H2,(H,15,16)/t11-,13+/m0/s1. The largest absolute Gasteiger partial charge is 0.465 e. The highest BCUT2D eigenvalue weighted by Gasteiger charge is 2.36. The third-order valence-electron chi connectivity index (χ3n) is 3.02. The van der Waals surface area contributed by atoms with Gasteiger partial charge in [-0.05, 0) is 24.1 Å². The van der Waals surface area contributed by atoms with Crippen LogP contribution in [0.15, 0.2) is 53.1 Å². The maximum atomic E-state index is 11.4. The molecule has 1 aromatic carbocycles. The zero-order chi connectivity index (χ0) is 12.4. The van der Waals surface area contributed by atoms with Crippen molar-refractivity contribution in [1.82, 2.24) is 5.32 Å². The number of hydrogen-bond acceptors (Lipinski definition) is 3. The van der Waals surface area contributed by atoms with E-state index in [-0.39, 0.29) is 12.1 Å². The molecule has 4 nitrogen and oxygen atoms in total. The van der Waals surface area contributed by atoms with Crippen LogP contribution in [0.1, 0.15) is 17.4 Å². The molecule has 18 heavy (non-hydrogen) atoms. The van der Waals surface area contributed by atoms with Crippen LogP contribution in [0, 0.1) is 0 Å². The van der Waals surface area contributed by atoms with Crippen molar-refractivity contribution in [2.45, 2.75) is 18.6 Å². The van der Waals surface area contributed by atoms with E-state index in [4.69, 9.17) is 9.15 Å². The fourth-order valence-electron chi connectivity index (χ4n) is 2.19. The number of furan rings is 1. The van der Waals surface area contributed by atoms with Crippen LogP contribution in [0.4, 0.5) is 4.79 Å². The summed E-state index contributed by atoms with van der Waals surface area (Å²) in [4.78, 5) is 11.4. The van der Waals surface area contributed by atoms with E-state index < -0.39 is 6.09 Å². The van der Waals surface area contributed by atoms with Crippen LogP contribution >= 0.6 is 0 Å². The van der Waals surface area contributed by atoms with E-state index in [1.54, 1.807) is 12.3 Å². The fourth-order valence-corrected chi connectivity index (χ4v) is 2.19. The Labute approximate surface area is 105 Å². The minimum atomic E-state index is -0.391. The third-order valence-corrected chi connectivity index (χ3v) is 3.02. The van der Waals surface area contributed by atoms with Crippen LogP contribution in [0.5, 0.6) is 0 Å². The molecule has 1 aromatic heterocycles. The van der Waals surface area contributed by atoms with Crippen LogP contribution in [-0.2, 0) is 11.2 Å². The van der Waals surface area contributed by atoms with E-state index in [0.717, 1.165) is 12.0 Å². The number of amides is 1. The van der Waals surface area contributed by atoms with Crippen molar-refractivity contribution in [2.24, 2.45) is 0 Å². The zero-order valence-corrected chi connectivity index (χ0v) is 9.71.